The van der Waals surface area contributed by atoms with Crippen molar-refractivity contribution in [2.24, 2.45) is 0 Å². The van der Waals surface area contributed by atoms with Crippen LogP contribution in [0.4, 0.5) is 0 Å². The zero-order chi connectivity index (χ0) is 36.6. The maximum atomic E-state index is 9.74. The normalized spacial score (nSPS) is 11.0. The molecular weight excluding hydrogens is 659 g/mol. The maximum Gasteiger partial charge on any atom is 0.160 e. The summed E-state index contributed by atoms with van der Waals surface area (Å²) in [7, 11) is 0. The highest BCUT2D eigenvalue weighted by atomic mass is 15.0. The fourth-order valence-electron chi connectivity index (χ4n) is 7.31. The lowest BCUT2D eigenvalue weighted by Crippen LogP contribution is -2.03. The number of nitriles is 2. The first-order valence-electron chi connectivity index (χ1n) is 17.8. The standard InChI is InChI=1S/C49H31N5/c1-32-16-25-47-43(26-32)40-14-8-9-15-46(40)54(47)48-41(35-21-17-33(30-50)18-22-35)27-39(28-42(48)36-23-19-34(31-51)20-24-36)49-52-44(37-10-4-2-5-11-37)29-45(53-49)38-12-6-3-7-13-38/h2-29H,1H3. The van der Waals surface area contributed by atoms with Gasteiger partial charge in [0.15, 0.2) is 5.82 Å². The highest BCUT2D eigenvalue weighted by molar-refractivity contribution is 6.11. The van der Waals surface area contributed by atoms with Crippen molar-refractivity contribution < 1.29 is 0 Å². The molecule has 0 radical (unpaired) electrons. The summed E-state index contributed by atoms with van der Waals surface area (Å²) in [4.78, 5) is 10.4. The maximum absolute atomic E-state index is 9.74. The Morgan fingerprint density at radius 1 is 0.444 bits per heavy atom. The van der Waals surface area contributed by atoms with Gasteiger partial charge in [0.05, 0.1) is 51.4 Å². The van der Waals surface area contributed by atoms with Crippen molar-refractivity contribution in [3.63, 3.8) is 0 Å². The second kappa shape index (κ2) is 13.5. The van der Waals surface area contributed by atoms with Crippen molar-refractivity contribution >= 4 is 21.8 Å². The van der Waals surface area contributed by atoms with Gasteiger partial charge < -0.3 is 4.57 Å². The van der Waals surface area contributed by atoms with Gasteiger partial charge in [0.1, 0.15) is 0 Å². The molecule has 252 valence electrons. The molecule has 9 aromatic rings. The van der Waals surface area contributed by atoms with Crippen LogP contribution in [-0.2, 0) is 0 Å². The third kappa shape index (κ3) is 5.77. The first-order chi connectivity index (χ1) is 26.6. The van der Waals surface area contributed by atoms with E-state index in [1.807, 2.05) is 91.0 Å². The average Bonchev–Trinajstić information content (AvgIpc) is 3.56. The molecule has 0 amide bonds. The van der Waals surface area contributed by atoms with Crippen molar-refractivity contribution in [1.29, 1.82) is 10.5 Å². The molecule has 0 saturated heterocycles. The van der Waals surface area contributed by atoms with Gasteiger partial charge in [0.2, 0.25) is 0 Å². The molecule has 0 spiro atoms. The second-order valence-corrected chi connectivity index (χ2v) is 13.4. The van der Waals surface area contributed by atoms with E-state index in [2.05, 4.69) is 102 Å². The molecule has 0 unspecified atom stereocenters. The first-order valence-corrected chi connectivity index (χ1v) is 17.8. The summed E-state index contributed by atoms with van der Waals surface area (Å²) in [5.41, 5.74) is 13.8. The van der Waals surface area contributed by atoms with Crippen molar-refractivity contribution in [1.82, 2.24) is 14.5 Å². The van der Waals surface area contributed by atoms with E-state index in [-0.39, 0.29) is 0 Å². The van der Waals surface area contributed by atoms with Gasteiger partial charge in [-0.25, -0.2) is 9.97 Å². The monoisotopic (exact) mass is 689 g/mol. The van der Waals surface area contributed by atoms with Crippen LogP contribution in [0.25, 0.3) is 83.6 Å². The second-order valence-electron chi connectivity index (χ2n) is 13.4. The summed E-state index contributed by atoms with van der Waals surface area (Å²) >= 11 is 0. The Labute approximate surface area is 313 Å². The van der Waals surface area contributed by atoms with Crippen molar-refractivity contribution in [3.05, 3.63) is 187 Å². The Balaban J connectivity index is 1.42. The topological polar surface area (TPSA) is 78.3 Å². The number of hydrogen-bond acceptors (Lipinski definition) is 4. The van der Waals surface area contributed by atoms with E-state index >= 15 is 0 Å². The summed E-state index contributed by atoms with van der Waals surface area (Å²) < 4.78 is 2.35. The quantitative estimate of drug-likeness (QED) is 0.174. The summed E-state index contributed by atoms with van der Waals surface area (Å²) in [6.45, 7) is 2.12. The summed E-state index contributed by atoms with van der Waals surface area (Å²) in [5, 5.41) is 21.8. The van der Waals surface area contributed by atoms with Crippen LogP contribution >= 0.6 is 0 Å². The molecule has 0 aliphatic carbocycles. The van der Waals surface area contributed by atoms with Gasteiger partial charge in [0.25, 0.3) is 0 Å². The van der Waals surface area contributed by atoms with E-state index in [1.54, 1.807) is 0 Å². The Kier molecular flexibility index (Phi) is 8.08. The van der Waals surface area contributed by atoms with E-state index < -0.39 is 0 Å². The number of aryl methyl sites for hydroxylation is 1. The lowest BCUT2D eigenvalue weighted by Gasteiger charge is -2.21. The largest absolute Gasteiger partial charge is 0.308 e. The van der Waals surface area contributed by atoms with Gasteiger partial charge in [-0.2, -0.15) is 10.5 Å². The van der Waals surface area contributed by atoms with Gasteiger partial charge >= 0.3 is 0 Å². The molecule has 2 aromatic heterocycles. The van der Waals surface area contributed by atoms with Crippen LogP contribution in [0, 0.1) is 29.6 Å². The predicted molar refractivity (Wildman–Crippen MR) is 218 cm³/mol. The SMILES string of the molecule is Cc1ccc2c(c1)c1ccccc1n2-c1c(-c2ccc(C#N)cc2)cc(-c2nc(-c3ccccc3)cc(-c3ccccc3)n2)cc1-c1ccc(C#N)cc1. The van der Waals surface area contributed by atoms with E-state index in [1.165, 1.54) is 5.56 Å². The zero-order valence-corrected chi connectivity index (χ0v) is 29.4. The Bertz CT molecular complexity index is 2790. The number of rotatable bonds is 6. The molecular formula is C49H31N5. The van der Waals surface area contributed by atoms with Crippen LogP contribution in [0.1, 0.15) is 16.7 Å². The summed E-state index contributed by atoms with van der Waals surface area (Å²) in [6, 6.07) is 61.9. The third-order valence-electron chi connectivity index (χ3n) is 9.94. The van der Waals surface area contributed by atoms with E-state index in [9.17, 15) is 10.5 Å². The van der Waals surface area contributed by atoms with E-state index in [4.69, 9.17) is 9.97 Å². The highest BCUT2D eigenvalue weighted by Gasteiger charge is 2.23. The minimum atomic E-state index is 0.586. The van der Waals surface area contributed by atoms with Gasteiger partial charge in [-0.1, -0.05) is 115 Å². The Morgan fingerprint density at radius 2 is 0.944 bits per heavy atom. The fourth-order valence-corrected chi connectivity index (χ4v) is 7.31. The lowest BCUT2D eigenvalue weighted by atomic mass is 9.91. The van der Waals surface area contributed by atoms with Crippen LogP contribution in [0.5, 0.6) is 0 Å². The van der Waals surface area contributed by atoms with Gasteiger partial charge in [-0.3, -0.25) is 0 Å². The van der Waals surface area contributed by atoms with Crippen LogP contribution < -0.4 is 0 Å². The first kappa shape index (κ1) is 32.3. The smallest absolute Gasteiger partial charge is 0.160 e. The Morgan fingerprint density at radius 3 is 1.48 bits per heavy atom. The number of benzene rings is 7. The van der Waals surface area contributed by atoms with Crippen LogP contribution in [0.3, 0.4) is 0 Å². The van der Waals surface area contributed by atoms with Crippen LogP contribution in [-0.4, -0.2) is 14.5 Å². The van der Waals surface area contributed by atoms with Crippen LogP contribution in [0.2, 0.25) is 0 Å². The minimum absolute atomic E-state index is 0.586. The molecule has 5 nitrogen and oxygen atoms in total. The molecule has 0 saturated carbocycles. The molecule has 9 rings (SSSR count). The van der Waals surface area contributed by atoms with E-state index in [0.29, 0.717) is 17.0 Å². The fraction of sp³-hybridized carbons (Fsp3) is 0.0204. The van der Waals surface area contributed by atoms with Gasteiger partial charge in [-0.15, -0.1) is 0 Å². The number of fused-ring (bicyclic) bond motifs is 3. The number of aromatic nitrogens is 3. The number of nitrogens with zero attached hydrogens (tertiary/aromatic N) is 5. The Hall–Kier alpha value is -7.60. The molecule has 0 bridgehead atoms. The summed E-state index contributed by atoms with van der Waals surface area (Å²) in [5.74, 6) is 0.587. The molecule has 0 N–H and O–H groups in total. The third-order valence-corrected chi connectivity index (χ3v) is 9.94. The molecule has 5 heteroatoms. The minimum Gasteiger partial charge on any atom is -0.308 e. The average molecular weight is 690 g/mol. The zero-order valence-electron chi connectivity index (χ0n) is 29.4. The number of hydrogen-bond donors (Lipinski definition) is 0. The molecule has 7 aromatic carbocycles. The predicted octanol–water partition coefficient (Wildman–Crippen LogP) is 12.0. The lowest BCUT2D eigenvalue weighted by molar-refractivity contribution is 1.16. The molecule has 0 aliphatic rings. The van der Waals surface area contributed by atoms with Crippen molar-refractivity contribution in [2.45, 2.75) is 6.92 Å². The molecule has 2 heterocycles. The van der Waals surface area contributed by atoms with E-state index in [0.717, 1.165) is 77.8 Å². The molecule has 54 heavy (non-hydrogen) atoms. The van der Waals surface area contributed by atoms with Crippen LogP contribution in [0.15, 0.2) is 170 Å². The summed E-state index contributed by atoms with van der Waals surface area (Å²) in [6.07, 6.45) is 0. The van der Waals surface area contributed by atoms with Gasteiger partial charge in [-0.05, 0) is 78.7 Å². The number of para-hydroxylation sites is 1. The van der Waals surface area contributed by atoms with Crippen molar-refractivity contribution in [3.8, 4) is 74.0 Å². The van der Waals surface area contributed by atoms with Crippen molar-refractivity contribution in [2.75, 3.05) is 0 Å². The van der Waals surface area contributed by atoms with Gasteiger partial charge in [0, 0.05) is 38.6 Å². The molecule has 0 atom stereocenters. The molecule has 0 aliphatic heterocycles. The molecule has 0 fully saturated rings. The highest BCUT2D eigenvalue weighted by Crippen LogP contribution is 2.44.